The molecule has 2 aliphatic rings. The van der Waals surface area contributed by atoms with Crippen LogP contribution in [0, 0.1) is 5.92 Å². The lowest BCUT2D eigenvalue weighted by atomic mass is 9.90. The third kappa shape index (κ3) is 4.31. The number of hydrogen-bond donors (Lipinski definition) is 1. The van der Waals surface area contributed by atoms with Gasteiger partial charge < -0.3 is 10.0 Å². The molecule has 0 aromatic heterocycles. The molecule has 1 N–H and O–H groups in total. The molecule has 2 aromatic carbocycles. The van der Waals surface area contributed by atoms with E-state index in [2.05, 4.69) is 42.3 Å². The number of phenols is 1. The molecule has 2 nitrogen and oxygen atoms in total. The molecule has 3 heteroatoms. The Morgan fingerprint density at radius 1 is 1.04 bits per heavy atom. The molecule has 0 radical (unpaired) electrons. The number of aromatic hydroxyl groups is 1. The van der Waals surface area contributed by atoms with E-state index < -0.39 is 0 Å². The Hall–Kier alpha value is -1.77. The maximum absolute atomic E-state index is 10.0. The zero-order valence-corrected chi connectivity index (χ0v) is 16.3. The van der Waals surface area contributed by atoms with Gasteiger partial charge in [-0.25, -0.2) is 0 Å². The molecule has 2 aliphatic carbocycles. The molecule has 0 atom stereocenters. The van der Waals surface area contributed by atoms with Gasteiger partial charge in [-0.1, -0.05) is 36.4 Å². The van der Waals surface area contributed by atoms with Gasteiger partial charge in [0.15, 0.2) is 0 Å². The summed E-state index contributed by atoms with van der Waals surface area (Å²) in [6, 6.07) is 16.6. The minimum atomic E-state index is 0. The fourth-order valence-corrected chi connectivity index (χ4v) is 4.10. The van der Waals surface area contributed by atoms with Gasteiger partial charge in [-0.3, -0.25) is 0 Å². The molecule has 0 saturated heterocycles. The van der Waals surface area contributed by atoms with E-state index in [1.807, 2.05) is 12.1 Å². The van der Waals surface area contributed by atoms with E-state index in [0.717, 1.165) is 30.9 Å². The van der Waals surface area contributed by atoms with Gasteiger partial charge in [-0.15, -0.1) is 12.4 Å². The minimum Gasteiger partial charge on any atom is -0.508 e. The van der Waals surface area contributed by atoms with Crippen molar-refractivity contribution in [3.8, 4) is 5.75 Å². The van der Waals surface area contributed by atoms with E-state index in [1.54, 1.807) is 6.07 Å². The van der Waals surface area contributed by atoms with Crippen LogP contribution < -0.4 is 0 Å². The Morgan fingerprint density at radius 3 is 2.62 bits per heavy atom. The van der Waals surface area contributed by atoms with Crippen LogP contribution in [-0.4, -0.2) is 30.1 Å². The van der Waals surface area contributed by atoms with Crippen molar-refractivity contribution in [1.29, 1.82) is 0 Å². The van der Waals surface area contributed by atoms with Crippen molar-refractivity contribution < 1.29 is 5.11 Å². The first-order chi connectivity index (χ1) is 12.2. The smallest absolute Gasteiger partial charge is 0.116 e. The van der Waals surface area contributed by atoms with Crippen molar-refractivity contribution in [2.75, 3.05) is 20.1 Å². The molecule has 0 unspecified atom stereocenters. The van der Waals surface area contributed by atoms with Gasteiger partial charge in [0, 0.05) is 13.1 Å². The molecule has 0 aliphatic heterocycles. The first-order valence-electron chi connectivity index (χ1n) is 9.49. The average Bonchev–Trinajstić information content (AvgIpc) is 3.41. The van der Waals surface area contributed by atoms with E-state index >= 15 is 0 Å². The van der Waals surface area contributed by atoms with Gasteiger partial charge in [-0.2, -0.15) is 0 Å². The summed E-state index contributed by atoms with van der Waals surface area (Å²) < 4.78 is 0. The number of halogens is 1. The van der Waals surface area contributed by atoms with Crippen LogP contribution in [-0.2, 0) is 6.42 Å². The predicted molar refractivity (Wildman–Crippen MR) is 111 cm³/mol. The summed E-state index contributed by atoms with van der Waals surface area (Å²) in [5.41, 5.74) is 6.77. The summed E-state index contributed by atoms with van der Waals surface area (Å²) in [6.45, 7) is 2.23. The summed E-state index contributed by atoms with van der Waals surface area (Å²) in [6.07, 6.45) is 6.26. The normalized spacial score (nSPS) is 16.8. The molecule has 2 aromatic rings. The van der Waals surface area contributed by atoms with Gasteiger partial charge in [-0.05, 0) is 85.0 Å². The van der Waals surface area contributed by atoms with Crippen molar-refractivity contribution in [3.05, 3.63) is 70.8 Å². The number of phenolic OH excluding ortho intramolecular Hbond substituents is 1. The van der Waals surface area contributed by atoms with Crippen LogP contribution in [0.15, 0.2) is 54.1 Å². The van der Waals surface area contributed by atoms with E-state index in [-0.39, 0.29) is 12.4 Å². The topological polar surface area (TPSA) is 23.5 Å². The summed E-state index contributed by atoms with van der Waals surface area (Å²) in [7, 11) is 2.25. The van der Waals surface area contributed by atoms with Crippen molar-refractivity contribution >= 4 is 18.0 Å². The first-order valence-corrected chi connectivity index (χ1v) is 9.49. The van der Waals surface area contributed by atoms with E-state index in [0.29, 0.717) is 5.75 Å². The quantitative estimate of drug-likeness (QED) is 0.773. The summed E-state index contributed by atoms with van der Waals surface area (Å²) >= 11 is 0. The van der Waals surface area contributed by atoms with Crippen LogP contribution in [0.5, 0.6) is 5.75 Å². The Balaban J connectivity index is 0.00000196. The molecule has 26 heavy (non-hydrogen) atoms. The summed E-state index contributed by atoms with van der Waals surface area (Å²) in [5, 5.41) is 10.0. The lowest BCUT2D eigenvalue weighted by molar-refractivity contribution is 0.343. The van der Waals surface area contributed by atoms with Crippen LogP contribution >= 0.6 is 12.4 Å². The van der Waals surface area contributed by atoms with E-state index in [1.165, 1.54) is 48.1 Å². The number of rotatable bonds is 5. The third-order valence-electron chi connectivity index (χ3n) is 5.43. The third-order valence-corrected chi connectivity index (χ3v) is 5.43. The Labute approximate surface area is 163 Å². The Morgan fingerprint density at radius 2 is 1.85 bits per heavy atom. The maximum atomic E-state index is 10.0. The molecular weight excluding hydrogens is 342 g/mol. The minimum absolute atomic E-state index is 0. The molecule has 0 bridgehead atoms. The summed E-state index contributed by atoms with van der Waals surface area (Å²) in [5.74, 6) is 1.25. The number of hydrogen-bond acceptors (Lipinski definition) is 2. The molecule has 1 fully saturated rings. The number of aryl methyl sites for hydroxylation is 1. The van der Waals surface area contributed by atoms with Gasteiger partial charge in [0.05, 0.1) is 0 Å². The van der Waals surface area contributed by atoms with Gasteiger partial charge in [0.1, 0.15) is 5.75 Å². The number of likely N-dealkylation sites (N-methyl/N-ethyl adjacent to an activating group) is 1. The highest BCUT2D eigenvalue weighted by atomic mass is 35.5. The lowest BCUT2D eigenvalue weighted by Gasteiger charge is -2.22. The molecule has 0 amide bonds. The second-order valence-electron chi connectivity index (χ2n) is 7.68. The van der Waals surface area contributed by atoms with Gasteiger partial charge >= 0.3 is 0 Å². The molecule has 0 spiro atoms. The van der Waals surface area contributed by atoms with Gasteiger partial charge in [0.25, 0.3) is 0 Å². The molecule has 138 valence electrons. The number of nitrogens with zero attached hydrogens (tertiary/aromatic N) is 1. The van der Waals surface area contributed by atoms with Crippen LogP contribution in [0.3, 0.4) is 0 Å². The first kappa shape index (κ1) is 19.0. The number of fused-ring (bicyclic) bond motifs is 1. The van der Waals surface area contributed by atoms with Gasteiger partial charge in [0.2, 0.25) is 0 Å². The SMILES string of the molecule is CN(CC1=C(c2cccc(O)c2)c2ccccc2CCC1)CC1CC1.Cl. The lowest BCUT2D eigenvalue weighted by Crippen LogP contribution is -2.24. The fourth-order valence-electron chi connectivity index (χ4n) is 4.10. The monoisotopic (exact) mass is 369 g/mol. The van der Waals surface area contributed by atoms with Crippen LogP contribution in [0.2, 0.25) is 0 Å². The van der Waals surface area contributed by atoms with Crippen LogP contribution in [0.25, 0.3) is 5.57 Å². The van der Waals surface area contributed by atoms with Crippen molar-refractivity contribution in [1.82, 2.24) is 4.90 Å². The molecular formula is C23H28ClNO. The average molecular weight is 370 g/mol. The van der Waals surface area contributed by atoms with E-state index in [9.17, 15) is 5.11 Å². The second-order valence-corrected chi connectivity index (χ2v) is 7.68. The molecule has 4 rings (SSSR count). The largest absolute Gasteiger partial charge is 0.508 e. The zero-order valence-electron chi connectivity index (χ0n) is 15.4. The van der Waals surface area contributed by atoms with Crippen molar-refractivity contribution in [2.24, 2.45) is 5.92 Å². The van der Waals surface area contributed by atoms with Crippen molar-refractivity contribution in [2.45, 2.75) is 32.1 Å². The van der Waals surface area contributed by atoms with E-state index in [4.69, 9.17) is 0 Å². The summed E-state index contributed by atoms with van der Waals surface area (Å²) in [4.78, 5) is 2.49. The fraction of sp³-hybridized carbons (Fsp3) is 0.391. The predicted octanol–water partition coefficient (Wildman–Crippen LogP) is 5.29. The Kier molecular flexibility index (Phi) is 6.05. The van der Waals surface area contributed by atoms with Crippen molar-refractivity contribution in [3.63, 3.8) is 0 Å². The molecule has 1 saturated carbocycles. The molecule has 0 heterocycles. The van der Waals surface area contributed by atoms with Crippen LogP contribution in [0.1, 0.15) is 42.4 Å². The standard InChI is InChI=1S/C23H27NO.ClH/c1-24(15-17-12-13-17)16-20-9-4-7-18-6-2-3-11-22(18)23(20)19-8-5-10-21(25)14-19;/h2-3,5-6,8,10-11,14,17,25H,4,7,9,12-13,15-16H2,1H3;1H. The highest BCUT2D eigenvalue weighted by Crippen LogP contribution is 2.37. The number of benzene rings is 2. The highest BCUT2D eigenvalue weighted by molar-refractivity contribution is 5.85. The van der Waals surface area contributed by atoms with Crippen LogP contribution in [0.4, 0.5) is 0 Å². The second kappa shape index (κ2) is 8.28. The Bertz CT molecular complexity index is 794. The highest BCUT2D eigenvalue weighted by Gasteiger charge is 2.24. The maximum Gasteiger partial charge on any atom is 0.116 e. The zero-order chi connectivity index (χ0) is 17.2.